The fourth-order valence-electron chi connectivity index (χ4n) is 3.58. The van der Waals surface area contributed by atoms with Gasteiger partial charge in [-0.25, -0.2) is 4.79 Å². The highest BCUT2D eigenvalue weighted by molar-refractivity contribution is 5.95. The molecule has 0 bridgehead atoms. The molecular formula is C21H22N2O7. The molecule has 9 nitrogen and oxygen atoms in total. The van der Waals surface area contributed by atoms with Gasteiger partial charge in [0.2, 0.25) is 0 Å². The van der Waals surface area contributed by atoms with Gasteiger partial charge in [-0.2, -0.15) is 0 Å². The SMILES string of the molecule is COc1ccc(OC)c([C@H]2CCCN2C(=O)COC(=O)c2ccccc2[N+](=O)[O-])c1. The molecular weight excluding hydrogens is 392 g/mol. The molecule has 1 atom stereocenters. The maximum Gasteiger partial charge on any atom is 0.345 e. The number of likely N-dealkylation sites (tertiary alicyclic amines) is 1. The van der Waals surface area contributed by atoms with Gasteiger partial charge in [-0.15, -0.1) is 0 Å². The van der Waals surface area contributed by atoms with Crippen molar-refractivity contribution < 1.29 is 28.7 Å². The monoisotopic (exact) mass is 414 g/mol. The van der Waals surface area contributed by atoms with Crippen LogP contribution in [0.1, 0.15) is 34.8 Å². The second kappa shape index (κ2) is 9.25. The number of amides is 1. The van der Waals surface area contributed by atoms with E-state index in [-0.39, 0.29) is 23.2 Å². The molecule has 1 aliphatic heterocycles. The largest absolute Gasteiger partial charge is 0.497 e. The Morgan fingerprint density at radius 1 is 1.17 bits per heavy atom. The van der Waals surface area contributed by atoms with E-state index < -0.39 is 17.5 Å². The Bertz CT molecular complexity index is 960. The number of methoxy groups -OCH3 is 2. The summed E-state index contributed by atoms with van der Waals surface area (Å²) >= 11 is 0. The molecule has 0 aliphatic carbocycles. The highest BCUT2D eigenvalue weighted by atomic mass is 16.6. The van der Waals surface area contributed by atoms with Crippen molar-refractivity contribution in [2.45, 2.75) is 18.9 Å². The number of benzene rings is 2. The minimum absolute atomic E-state index is 0.192. The highest BCUT2D eigenvalue weighted by Gasteiger charge is 2.33. The Morgan fingerprint density at radius 2 is 1.93 bits per heavy atom. The van der Waals surface area contributed by atoms with E-state index in [2.05, 4.69) is 0 Å². The quantitative estimate of drug-likeness (QED) is 0.389. The van der Waals surface area contributed by atoms with Crippen LogP contribution in [-0.2, 0) is 9.53 Å². The van der Waals surface area contributed by atoms with Crippen molar-refractivity contribution in [2.75, 3.05) is 27.4 Å². The van der Waals surface area contributed by atoms with Crippen molar-refractivity contribution in [3.63, 3.8) is 0 Å². The van der Waals surface area contributed by atoms with Gasteiger partial charge in [0.25, 0.3) is 11.6 Å². The Kier molecular flexibility index (Phi) is 6.51. The van der Waals surface area contributed by atoms with Crippen molar-refractivity contribution in [1.29, 1.82) is 0 Å². The molecule has 9 heteroatoms. The standard InChI is InChI=1S/C21H22N2O7/c1-28-14-9-10-19(29-2)16(12-14)17-8-5-11-22(17)20(24)13-30-21(25)15-6-3-4-7-18(15)23(26)27/h3-4,6-7,9-10,12,17H,5,8,11,13H2,1-2H3/t17-/m1/s1. The number of ether oxygens (including phenoxy) is 3. The van der Waals surface area contributed by atoms with Crippen molar-refractivity contribution in [1.82, 2.24) is 4.90 Å². The van der Waals surface area contributed by atoms with Crippen LogP contribution in [0, 0.1) is 10.1 Å². The smallest absolute Gasteiger partial charge is 0.345 e. The van der Waals surface area contributed by atoms with Gasteiger partial charge in [-0.1, -0.05) is 12.1 Å². The predicted octanol–water partition coefficient (Wildman–Crippen LogP) is 3.13. The molecule has 0 N–H and O–H groups in total. The number of carbonyl (C=O) groups excluding carboxylic acids is 2. The first-order chi connectivity index (χ1) is 14.5. The van der Waals surface area contributed by atoms with Crippen LogP contribution in [0.5, 0.6) is 11.5 Å². The molecule has 0 saturated carbocycles. The molecule has 2 aromatic carbocycles. The minimum atomic E-state index is -0.912. The molecule has 1 saturated heterocycles. The number of nitro benzene ring substituents is 1. The number of esters is 1. The average molecular weight is 414 g/mol. The van der Waals surface area contributed by atoms with Crippen molar-refractivity contribution in [3.8, 4) is 11.5 Å². The maximum absolute atomic E-state index is 12.8. The van der Waals surface area contributed by atoms with E-state index >= 15 is 0 Å². The van der Waals surface area contributed by atoms with Gasteiger partial charge in [0.05, 0.1) is 25.2 Å². The van der Waals surface area contributed by atoms with E-state index in [1.807, 2.05) is 6.07 Å². The third kappa shape index (κ3) is 4.35. The first-order valence-electron chi connectivity index (χ1n) is 9.38. The van der Waals surface area contributed by atoms with Crippen LogP contribution in [0.2, 0.25) is 0 Å². The average Bonchev–Trinajstić information content (AvgIpc) is 3.26. The topological polar surface area (TPSA) is 108 Å². The fraction of sp³-hybridized carbons (Fsp3) is 0.333. The van der Waals surface area contributed by atoms with Crippen LogP contribution in [-0.4, -0.2) is 49.1 Å². The number of nitrogens with zero attached hydrogens (tertiary/aromatic N) is 2. The summed E-state index contributed by atoms with van der Waals surface area (Å²) in [7, 11) is 3.12. The van der Waals surface area contributed by atoms with Gasteiger partial charge in [-0.3, -0.25) is 14.9 Å². The molecule has 0 unspecified atom stereocenters. The van der Waals surface area contributed by atoms with E-state index in [0.717, 1.165) is 18.4 Å². The lowest BCUT2D eigenvalue weighted by Crippen LogP contribution is -2.34. The number of para-hydroxylation sites is 1. The Balaban J connectivity index is 1.73. The maximum atomic E-state index is 12.8. The minimum Gasteiger partial charge on any atom is -0.497 e. The molecule has 1 aliphatic rings. The first kappa shape index (κ1) is 21.1. The molecule has 3 rings (SSSR count). The lowest BCUT2D eigenvalue weighted by molar-refractivity contribution is -0.385. The number of nitro groups is 1. The van der Waals surface area contributed by atoms with Crippen molar-refractivity contribution >= 4 is 17.6 Å². The summed E-state index contributed by atoms with van der Waals surface area (Å²) in [5.74, 6) is -0.00927. The molecule has 1 heterocycles. The van der Waals surface area contributed by atoms with Crippen LogP contribution in [0.25, 0.3) is 0 Å². The third-order valence-corrected chi connectivity index (χ3v) is 5.02. The Hall–Kier alpha value is -3.62. The van der Waals surface area contributed by atoms with Gasteiger partial charge in [0.1, 0.15) is 17.1 Å². The number of hydrogen-bond acceptors (Lipinski definition) is 7. The van der Waals surface area contributed by atoms with Crippen molar-refractivity contribution in [2.24, 2.45) is 0 Å². The van der Waals surface area contributed by atoms with Crippen molar-refractivity contribution in [3.05, 3.63) is 63.7 Å². The molecule has 2 aromatic rings. The molecule has 0 radical (unpaired) electrons. The summed E-state index contributed by atoms with van der Waals surface area (Å²) in [6.07, 6.45) is 1.52. The van der Waals surface area contributed by atoms with E-state index in [0.29, 0.717) is 18.0 Å². The number of rotatable bonds is 7. The summed E-state index contributed by atoms with van der Waals surface area (Å²) in [6, 6.07) is 10.6. The van der Waals surface area contributed by atoms with E-state index in [1.54, 1.807) is 31.3 Å². The summed E-state index contributed by atoms with van der Waals surface area (Å²) in [4.78, 5) is 37.1. The molecule has 1 amide bonds. The van der Waals surface area contributed by atoms with Gasteiger partial charge in [0, 0.05) is 18.2 Å². The summed E-state index contributed by atoms with van der Waals surface area (Å²) in [5.41, 5.74) is 0.255. The van der Waals surface area contributed by atoms with Crippen LogP contribution >= 0.6 is 0 Å². The van der Waals surface area contributed by atoms with Crippen LogP contribution < -0.4 is 9.47 Å². The summed E-state index contributed by atoms with van der Waals surface area (Å²) in [5, 5.41) is 11.1. The zero-order chi connectivity index (χ0) is 21.7. The van der Waals surface area contributed by atoms with Crippen LogP contribution in [0.15, 0.2) is 42.5 Å². The molecule has 158 valence electrons. The molecule has 30 heavy (non-hydrogen) atoms. The van der Waals surface area contributed by atoms with E-state index in [1.165, 1.54) is 24.3 Å². The lowest BCUT2D eigenvalue weighted by atomic mass is 10.0. The second-order valence-electron chi connectivity index (χ2n) is 6.70. The number of carbonyl (C=O) groups is 2. The zero-order valence-electron chi connectivity index (χ0n) is 16.7. The molecule has 1 fully saturated rings. The van der Waals surface area contributed by atoms with E-state index in [9.17, 15) is 19.7 Å². The molecule has 0 spiro atoms. The van der Waals surface area contributed by atoms with Gasteiger partial charge >= 0.3 is 5.97 Å². The van der Waals surface area contributed by atoms with Gasteiger partial charge in [0.15, 0.2) is 6.61 Å². The number of hydrogen-bond donors (Lipinski definition) is 0. The fourth-order valence-corrected chi connectivity index (χ4v) is 3.58. The molecule has 0 aromatic heterocycles. The van der Waals surface area contributed by atoms with Crippen LogP contribution in [0.4, 0.5) is 5.69 Å². The normalized spacial score (nSPS) is 15.5. The second-order valence-corrected chi connectivity index (χ2v) is 6.70. The summed E-state index contributed by atoms with van der Waals surface area (Å²) < 4.78 is 15.8. The first-order valence-corrected chi connectivity index (χ1v) is 9.38. The summed E-state index contributed by atoms with van der Waals surface area (Å²) in [6.45, 7) is 0.000561. The van der Waals surface area contributed by atoms with Gasteiger partial charge in [-0.05, 0) is 37.1 Å². The Labute approximate surface area is 173 Å². The lowest BCUT2D eigenvalue weighted by Gasteiger charge is -2.26. The predicted molar refractivity (Wildman–Crippen MR) is 107 cm³/mol. The van der Waals surface area contributed by atoms with Gasteiger partial charge < -0.3 is 19.1 Å². The Morgan fingerprint density at radius 3 is 2.63 bits per heavy atom. The van der Waals surface area contributed by atoms with Crippen LogP contribution in [0.3, 0.4) is 0 Å². The highest BCUT2D eigenvalue weighted by Crippen LogP contribution is 2.39. The zero-order valence-corrected chi connectivity index (χ0v) is 16.7. The van der Waals surface area contributed by atoms with E-state index in [4.69, 9.17) is 14.2 Å². The third-order valence-electron chi connectivity index (χ3n) is 5.02.